The number of ether oxygens (including phenoxy) is 1. The van der Waals surface area contributed by atoms with Crippen molar-refractivity contribution >= 4 is 11.6 Å². The molecule has 1 amide bonds. The fraction of sp³-hybridized carbons (Fsp3) is 0.217. The molecule has 0 radical (unpaired) electrons. The third-order valence-corrected chi connectivity index (χ3v) is 4.50. The first-order chi connectivity index (χ1) is 13.1. The van der Waals surface area contributed by atoms with Gasteiger partial charge in [0.25, 0.3) is 5.91 Å². The molecular formula is C23H24N2O2. The number of anilines is 1. The number of benzene rings is 2. The van der Waals surface area contributed by atoms with Crippen molar-refractivity contribution in [2.45, 2.75) is 26.3 Å². The summed E-state index contributed by atoms with van der Waals surface area (Å²) < 4.78 is 5.31. The van der Waals surface area contributed by atoms with Crippen molar-refractivity contribution in [3.8, 4) is 5.75 Å². The molecule has 4 heteroatoms. The molecule has 1 aromatic heterocycles. The van der Waals surface area contributed by atoms with Crippen LogP contribution in [0.2, 0.25) is 0 Å². The van der Waals surface area contributed by atoms with Gasteiger partial charge in [0.15, 0.2) is 0 Å². The first kappa shape index (κ1) is 18.6. The molecule has 0 atom stereocenters. The minimum absolute atomic E-state index is 0.0545. The van der Waals surface area contributed by atoms with Gasteiger partial charge in [0, 0.05) is 11.8 Å². The number of hydrogen-bond acceptors (Lipinski definition) is 3. The maximum absolute atomic E-state index is 13.3. The summed E-state index contributed by atoms with van der Waals surface area (Å²) in [4.78, 5) is 19.2. The van der Waals surface area contributed by atoms with Crippen molar-refractivity contribution in [3.63, 3.8) is 0 Å². The van der Waals surface area contributed by atoms with E-state index in [1.54, 1.807) is 24.4 Å². The Morgan fingerprint density at radius 1 is 1.07 bits per heavy atom. The van der Waals surface area contributed by atoms with E-state index in [4.69, 9.17) is 4.74 Å². The largest absolute Gasteiger partial charge is 0.497 e. The van der Waals surface area contributed by atoms with Gasteiger partial charge in [-0.1, -0.05) is 38.1 Å². The summed E-state index contributed by atoms with van der Waals surface area (Å²) in [7, 11) is 1.64. The van der Waals surface area contributed by atoms with Gasteiger partial charge in [-0.2, -0.15) is 0 Å². The second-order valence-electron chi connectivity index (χ2n) is 6.73. The summed E-state index contributed by atoms with van der Waals surface area (Å²) in [6.07, 6.45) is 3.41. The summed E-state index contributed by atoms with van der Waals surface area (Å²) in [5, 5.41) is 0. The Morgan fingerprint density at radius 3 is 2.48 bits per heavy atom. The fourth-order valence-corrected chi connectivity index (χ4v) is 2.91. The molecule has 0 fully saturated rings. The summed E-state index contributed by atoms with van der Waals surface area (Å²) in [6, 6.07) is 19.3. The number of carbonyl (C=O) groups excluding carboxylic acids is 1. The van der Waals surface area contributed by atoms with Crippen LogP contribution in [0.5, 0.6) is 5.75 Å². The summed E-state index contributed by atoms with van der Waals surface area (Å²) >= 11 is 0. The van der Waals surface area contributed by atoms with Crippen molar-refractivity contribution in [1.29, 1.82) is 0 Å². The van der Waals surface area contributed by atoms with Gasteiger partial charge in [0.1, 0.15) is 5.75 Å². The second kappa shape index (κ2) is 8.49. The van der Waals surface area contributed by atoms with E-state index < -0.39 is 0 Å². The molecule has 3 rings (SSSR count). The number of methoxy groups -OCH3 is 1. The summed E-state index contributed by atoms with van der Waals surface area (Å²) in [5.41, 5.74) is 3.63. The van der Waals surface area contributed by atoms with Crippen molar-refractivity contribution in [3.05, 3.63) is 89.7 Å². The lowest BCUT2D eigenvalue weighted by molar-refractivity contribution is 0.0985. The molecule has 0 bridgehead atoms. The monoisotopic (exact) mass is 360 g/mol. The molecule has 0 aliphatic carbocycles. The van der Waals surface area contributed by atoms with E-state index in [1.165, 1.54) is 5.56 Å². The second-order valence-corrected chi connectivity index (χ2v) is 6.73. The number of aromatic nitrogens is 1. The van der Waals surface area contributed by atoms with Crippen LogP contribution in [0.25, 0.3) is 0 Å². The Hall–Kier alpha value is -3.14. The zero-order valence-corrected chi connectivity index (χ0v) is 15.9. The van der Waals surface area contributed by atoms with Gasteiger partial charge in [0.2, 0.25) is 0 Å². The molecule has 138 valence electrons. The van der Waals surface area contributed by atoms with Crippen LogP contribution in [0.15, 0.2) is 73.1 Å². The molecular weight excluding hydrogens is 336 g/mol. The molecule has 3 aromatic rings. The van der Waals surface area contributed by atoms with E-state index in [0.29, 0.717) is 18.0 Å². The average Bonchev–Trinajstić information content (AvgIpc) is 2.72. The number of nitrogens with zero attached hydrogens (tertiary/aromatic N) is 2. The Morgan fingerprint density at radius 2 is 1.85 bits per heavy atom. The Labute approximate surface area is 160 Å². The summed E-state index contributed by atoms with van der Waals surface area (Å²) in [5.74, 6) is 1.15. The number of amides is 1. The van der Waals surface area contributed by atoms with Crippen molar-refractivity contribution in [1.82, 2.24) is 4.98 Å². The minimum Gasteiger partial charge on any atom is -0.497 e. The quantitative estimate of drug-likeness (QED) is 0.617. The van der Waals surface area contributed by atoms with Crippen LogP contribution in [-0.2, 0) is 6.54 Å². The number of carbonyl (C=O) groups is 1. The molecule has 2 aromatic carbocycles. The standard InChI is InChI=1S/C23H24N2O2/c1-17(2)19-9-11-20(12-10-19)23(26)25(21-7-5-13-24-15-21)16-18-6-4-8-22(14-18)27-3/h4-15,17H,16H2,1-3H3. The van der Waals surface area contributed by atoms with Gasteiger partial charge >= 0.3 is 0 Å². The van der Waals surface area contributed by atoms with Crippen LogP contribution >= 0.6 is 0 Å². The normalized spacial score (nSPS) is 10.7. The van der Waals surface area contributed by atoms with Gasteiger partial charge < -0.3 is 9.64 Å². The van der Waals surface area contributed by atoms with E-state index in [9.17, 15) is 4.79 Å². The Balaban J connectivity index is 1.93. The van der Waals surface area contributed by atoms with E-state index in [0.717, 1.165) is 17.0 Å². The maximum Gasteiger partial charge on any atom is 0.258 e. The lowest BCUT2D eigenvalue weighted by Gasteiger charge is -2.23. The molecule has 0 unspecified atom stereocenters. The van der Waals surface area contributed by atoms with E-state index in [-0.39, 0.29) is 5.91 Å². The SMILES string of the molecule is COc1cccc(CN(C(=O)c2ccc(C(C)C)cc2)c2cccnc2)c1. The minimum atomic E-state index is -0.0545. The van der Waals surface area contributed by atoms with Crippen LogP contribution in [0.1, 0.15) is 41.3 Å². The molecule has 0 aliphatic rings. The van der Waals surface area contributed by atoms with Crippen molar-refractivity contribution < 1.29 is 9.53 Å². The van der Waals surface area contributed by atoms with Crippen LogP contribution in [0.3, 0.4) is 0 Å². The van der Waals surface area contributed by atoms with Gasteiger partial charge in [-0.05, 0) is 53.4 Å². The van der Waals surface area contributed by atoms with E-state index in [1.807, 2.05) is 60.7 Å². The van der Waals surface area contributed by atoms with Crippen LogP contribution < -0.4 is 9.64 Å². The lowest BCUT2D eigenvalue weighted by atomic mass is 10.0. The molecule has 1 heterocycles. The van der Waals surface area contributed by atoms with Gasteiger partial charge in [-0.15, -0.1) is 0 Å². The molecule has 0 aliphatic heterocycles. The molecule has 0 spiro atoms. The predicted molar refractivity (Wildman–Crippen MR) is 108 cm³/mol. The smallest absolute Gasteiger partial charge is 0.258 e. The van der Waals surface area contributed by atoms with Gasteiger partial charge in [-0.3, -0.25) is 9.78 Å². The Bertz CT molecular complexity index is 890. The highest BCUT2D eigenvalue weighted by molar-refractivity contribution is 6.05. The van der Waals surface area contributed by atoms with Gasteiger partial charge in [-0.25, -0.2) is 0 Å². The highest BCUT2D eigenvalue weighted by atomic mass is 16.5. The number of hydrogen-bond donors (Lipinski definition) is 0. The highest BCUT2D eigenvalue weighted by Crippen LogP contribution is 2.22. The third kappa shape index (κ3) is 4.53. The van der Waals surface area contributed by atoms with E-state index >= 15 is 0 Å². The molecule has 0 N–H and O–H groups in total. The predicted octanol–water partition coefficient (Wildman–Crippen LogP) is 5.06. The number of pyridine rings is 1. The topological polar surface area (TPSA) is 42.4 Å². The zero-order chi connectivity index (χ0) is 19.2. The van der Waals surface area contributed by atoms with E-state index in [2.05, 4.69) is 18.8 Å². The van der Waals surface area contributed by atoms with Crippen LogP contribution in [0.4, 0.5) is 5.69 Å². The van der Waals surface area contributed by atoms with Gasteiger partial charge in [0.05, 0.1) is 25.5 Å². The molecule has 0 saturated heterocycles. The van der Waals surface area contributed by atoms with Crippen molar-refractivity contribution in [2.75, 3.05) is 12.0 Å². The third-order valence-electron chi connectivity index (χ3n) is 4.50. The lowest BCUT2D eigenvalue weighted by Crippen LogP contribution is -2.30. The molecule has 27 heavy (non-hydrogen) atoms. The van der Waals surface area contributed by atoms with Crippen LogP contribution in [-0.4, -0.2) is 18.0 Å². The maximum atomic E-state index is 13.3. The first-order valence-corrected chi connectivity index (χ1v) is 9.03. The average molecular weight is 360 g/mol. The Kier molecular flexibility index (Phi) is 5.87. The molecule has 0 saturated carbocycles. The number of rotatable bonds is 6. The fourth-order valence-electron chi connectivity index (χ4n) is 2.91. The molecule has 4 nitrogen and oxygen atoms in total. The highest BCUT2D eigenvalue weighted by Gasteiger charge is 2.19. The summed E-state index contributed by atoms with van der Waals surface area (Å²) in [6.45, 7) is 4.72. The first-order valence-electron chi connectivity index (χ1n) is 9.03. The van der Waals surface area contributed by atoms with Crippen LogP contribution in [0, 0.1) is 0 Å². The van der Waals surface area contributed by atoms with Crippen molar-refractivity contribution in [2.24, 2.45) is 0 Å². The zero-order valence-electron chi connectivity index (χ0n) is 15.9.